The molecule has 0 amide bonds. The maximum atomic E-state index is 14.3. The molecule has 1 aromatic rings. The summed E-state index contributed by atoms with van der Waals surface area (Å²) in [5.74, 6) is -0.377. The average molecular weight is 388 g/mol. The van der Waals surface area contributed by atoms with E-state index in [1.54, 1.807) is 19.1 Å². The van der Waals surface area contributed by atoms with Crippen LogP contribution >= 0.6 is 28.3 Å². The van der Waals surface area contributed by atoms with Gasteiger partial charge in [-0.3, -0.25) is 4.90 Å². The molecule has 0 aliphatic carbocycles. The fourth-order valence-electron chi connectivity index (χ4n) is 2.63. The summed E-state index contributed by atoms with van der Waals surface area (Å²) in [4.78, 5) is 1.94. The number of alkyl halides is 2. The summed E-state index contributed by atoms with van der Waals surface area (Å²) in [6, 6.07) is 2.71. The van der Waals surface area contributed by atoms with Crippen molar-refractivity contribution in [1.82, 2.24) is 10.2 Å². The van der Waals surface area contributed by atoms with Gasteiger partial charge >= 0.3 is 0 Å². The van der Waals surface area contributed by atoms with Crippen LogP contribution < -0.4 is 5.32 Å². The molecule has 1 aliphatic rings. The molecular formula is C14H19BrClF3N2. The Bertz CT molecular complexity index is 468. The Morgan fingerprint density at radius 1 is 1.29 bits per heavy atom. The lowest BCUT2D eigenvalue weighted by atomic mass is 9.98. The summed E-state index contributed by atoms with van der Waals surface area (Å²) in [6.07, 6.45) is -2.79. The Balaban J connectivity index is 0.00000220. The molecule has 0 saturated carbocycles. The molecule has 0 unspecified atom stereocenters. The van der Waals surface area contributed by atoms with E-state index in [0.717, 1.165) is 17.6 Å². The number of hydrogen-bond donors (Lipinski definition) is 1. The molecule has 21 heavy (non-hydrogen) atoms. The molecular weight excluding hydrogens is 369 g/mol. The number of nitrogens with zero attached hydrogens (tertiary/aromatic N) is 1. The Morgan fingerprint density at radius 2 is 1.90 bits per heavy atom. The average Bonchev–Trinajstić information content (AvgIpc) is 2.41. The summed E-state index contributed by atoms with van der Waals surface area (Å²) < 4.78 is 40.8. The molecule has 2 rings (SSSR count). The van der Waals surface area contributed by atoms with E-state index in [-0.39, 0.29) is 24.6 Å². The molecule has 0 radical (unpaired) electrons. The van der Waals surface area contributed by atoms with Crippen molar-refractivity contribution in [2.75, 3.05) is 26.2 Å². The fourth-order valence-corrected chi connectivity index (χ4v) is 3.22. The molecule has 1 aliphatic heterocycles. The lowest BCUT2D eigenvalue weighted by molar-refractivity contribution is 0.0724. The van der Waals surface area contributed by atoms with Crippen molar-refractivity contribution >= 4 is 28.3 Å². The topological polar surface area (TPSA) is 15.3 Å². The number of nitrogens with one attached hydrogen (secondary N) is 1. The number of piperazine rings is 1. The van der Waals surface area contributed by atoms with Crippen LogP contribution in [-0.4, -0.2) is 37.5 Å². The zero-order chi connectivity index (χ0) is 14.7. The van der Waals surface area contributed by atoms with Gasteiger partial charge in [-0.25, -0.2) is 13.2 Å². The van der Waals surface area contributed by atoms with Crippen molar-refractivity contribution in [2.24, 2.45) is 0 Å². The van der Waals surface area contributed by atoms with Gasteiger partial charge in [-0.2, -0.15) is 0 Å². The van der Waals surface area contributed by atoms with Crippen molar-refractivity contribution in [3.8, 4) is 0 Å². The van der Waals surface area contributed by atoms with Gasteiger partial charge in [-0.15, -0.1) is 12.4 Å². The van der Waals surface area contributed by atoms with E-state index < -0.39 is 12.5 Å². The molecule has 7 heteroatoms. The first-order valence-electron chi connectivity index (χ1n) is 6.67. The minimum Gasteiger partial charge on any atom is -0.314 e. The van der Waals surface area contributed by atoms with Crippen molar-refractivity contribution in [2.45, 2.75) is 25.8 Å². The molecule has 0 bridgehead atoms. The molecule has 1 atom stereocenters. The second-order valence-electron chi connectivity index (χ2n) is 5.05. The molecule has 1 aromatic carbocycles. The van der Waals surface area contributed by atoms with Crippen molar-refractivity contribution < 1.29 is 13.2 Å². The quantitative estimate of drug-likeness (QED) is 0.842. The highest BCUT2D eigenvalue weighted by Gasteiger charge is 2.28. The van der Waals surface area contributed by atoms with Gasteiger partial charge in [-0.05, 0) is 24.6 Å². The first kappa shape index (κ1) is 18.7. The van der Waals surface area contributed by atoms with Gasteiger partial charge in [0.25, 0.3) is 0 Å². The maximum absolute atomic E-state index is 14.3. The number of benzene rings is 1. The molecule has 2 nitrogen and oxygen atoms in total. The molecule has 0 spiro atoms. The monoisotopic (exact) mass is 386 g/mol. The van der Waals surface area contributed by atoms with Gasteiger partial charge in [0.1, 0.15) is 5.82 Å². The second kappa shape index (κ2) is 8.36. The summed E-state index contributed by atoms with van der Waals surface area (Å²) in [5, 5.41) is 3.18. The van der Waals surface area contributed by atoms with E-state index >= 15 is 0 Å². The van der Waals surface area contributed by atoms with Crippen molar-refractivity contribution in [3.05, 3.63) is 33.5 Å². The molecule has 1 heterocycles. The van der Waals surface area contributed by atoms with Crippen molar-refractivity contribution in [3.63, 3.8) is 0 Å². The van der Waals surface area contributed by atoms with Crippen LogP contribution in [0, 0.1) is 12.7 Å². The van der Waals surface area contributed by atoms with Gasteiger partial charge in [0.05, 0.1) is 0 Å². The van der Waals surface area contributed by atoms with Gasteiger partial charge in [0.2, 0.25) is 6.43 Å². The van der Waals surface area contributed by atoms with Crippen molar-refractivity contribution in [1.29, 1.82) is 0 Å². The highest BCUT2D eigenvalue weighted by Crippen LogP contribution is 2.32. The highest BCUT2D eigenvalue weighted by molar-refractivity contribution is 9.10. The number of hydrogen-bond acceptors (Lipinski definition) is 2. The first-order valence-corrected chi connectivity index (χ1v) is 7.47. The lowest BCUT2D eigenvalue weighted by Crippen LogP contribution is -2.45. The molecule has 1 fully saturated rings. The van der Waals surface area contributed by atoms with E-state index in [1.165, 1.54) is 0 Å². The zero-order valence-electron chi connectivity index (χ0n) is 11.7. The van der Waals surface area contributed by atoms with E-state index in [4.69, 9.17) is 0 Å². The van der Waals surface area contributed by atoms with Crippen LogP contribution in [0.3, 0.4) is 0 Å². The predicted octanol–water partition coefficient (Wildman–Crippen LogP) is 3.92. The van der Waals surface area contributed by atoms with Crippen LogP contribution in [0.4, 0.5) is 13.2 Å². The maximum Gasteiger partial charge on any atom is 0.240 e. The zero-order valence-corrected chi connectivity index (χ0v) is 14.1. The molecule has 0 aromatic heterocycles. The Hall–Kier alpha value is -0.300. The first-order chi connectivity index (χ1) is 9.49. The third-order valence-corrected chi connectivity index (χ3v) is 4.06. The summed E-state index contributed by atoms with van der Waals surface area (Å²) >= 11 is 3.32. The van der Waals surface area contributed by atoms with E-state index in [1.807, 2.05) is 4.90 Å². The van der Waals surface area contributed by atoms with E-state index in [9.17, 15) is 13.2 Å². The lowest BCUT2D eigenvalue weighted by Gasteiger charge is -2.35. The number of halogens is 5. The third kappa shape index (κ3) is 4.84. The molecule has 120 valence electrons. The predicted molar refractivity (Wildman–Crippen MR) is 83.9 cm³/mol. The van der Waals surface area contributed by atoms with E-state index in [0.29, 0.717) is 24.2 Å². The third-order valence-electron chi connectivity index (χ3n) is 3.60. The van der Waals surface area contributed by atoms with Gasteiger partial charge in [-0.1, -0.05) is 15.9 Å². The van der Waals surface area contributed by atoms with Crippen LogP contribution in [0.25, 0.3) is 0 Å². The molecule has 1 N–H and O–H groups in total. The number of aryl methyl sites for hydroxylation is 1. The van der Waals surface area contributed by atoms with Crippen LogP contribution in [-0.2, 0) is 0 Å². The van der Waals surface area contributed by atoms with Crippen LogP contribution in [0.15, 0.2) is 16.6 Å². The summed E-state index contributed by atoms with van der Waals surface area (Å²) in [7, 11) is 0. The Labute approximate surface area is 137 Å². The Kier molecular flexibility index (Phi) is 7.47. The van der Waals surface area contributed by atoms with Gasteiger partial charge < -0.3 is 5.32 Å². The smallest absolute Gasteiger partial charge is 0.240 e. The normalized spacial score (nSPS) is 17.6. The van der Waals surface area contributed by atoms with Gasteiger partial charge in [0.15, 0.2) is 0 Å². The van der Waals surface area contributed by atoms with Crippen LogP contribution in [0.2, 0.25) is 0 Å². The molecule has 1 saturated heterocycles. The SMILES string of the molecule is Cc1cc(Br)cc([C@@H](CC(F)F)N2CCNCC2)c1F.Cl. The van der Waals surface area contributed by atoms with E-state index in [2.05, 4.69) is 21.2 Å². The Morgan fingerprint density at radius 3 is 2.48 bits per heavy atom. The summed E-state index contributed by atoms with van der Waals surface area (Å²) in [6.45, 7) is 4.45. The summed E-state index contributed by atoms with van der Waals surface area (Å²) in [5.41, 5.74) is 0.836. The van der Waals surface area contributed by atoms with Crippen LogP contribution in [0.1, 0.15) is 23.6 Å². The highest BCUT2D eigenvalue weighted by atomic mass is 79.9. The largest absolute Gasteiger partial charge is 0.314 e. The minimum absolute atomic E-state index is 0. The second-order valence-corrected chi connectivity index (χ2v) is 5.97. The fraction of sp³-hybridized carbons (Fsp3) is 0.571. The standard InChI is InChI=1S/C14H18BrF3N2.ClH/c1-9-6-10(15)7-11(14(9)18)12(8-13(16)17)20-4-2-19-3-5-20;/h6-7,12-13,19H,2-5,8H2,1H3;1H/t12-;/m1./s1. The minimum atomic E-state index is -2.45. The number of rotatable bonds is 4. The van der Waals surface area contributed by atoms with Crippen LogP contribution in [0.5, 0.6) is 0 Å². The van der Waals surface area contributed by atoms with Gasteiger partial charge in [0, 0.05) is 48.7 Å².